The lowest BCUT2D eigenvalue weighted by Crippen LogP contribution is -1.95. The quantitative estimate of drug-likeness (QED) is 0.761. The second-order valence-electron chi connectivity index (χ2n) is 3.65. The second-order valence-corrected chi connectivity index (χ2v) is 3.65. The van der Waals surface area contributed by atoms with Crippen LogP contribution < -0.4 is 4.74 Å². The van der Waals surface area contributed by atoms with Gasteiger partial charge in [0.25, 0.3) is 0 Å². The van der Waals surface area contributed by atoms with Crippen molar-refractivity contribution in [1.82, 2.24) is 0 Å². The molecule has 0 heterocycles. The Morgan fingerprint density at radius 1 is 1.19 bits per heavy atom. The molecule has 1 nitrogen and oxygen atoms in total. The van der Waals surface area contributed by atoms with E-state index in [1.54, 1.807) is 0 Å². The summed E-state index contributed by atoms with van der Waals surface area (Å²) in [4.78, 5) is 0. The normalized spacial score (nSPS) is 10.1. The van der Waals surface area contributed by atoms with E-state index in [1.165, 1.54) is 23.8 Å². The molecule has 2 rings (SSSR count). The molecule has 0 amide bonds. The Morgan fingerprint density at radius 3 is 2.62 bits per heavy atom. The average Bonchev–Trinajstić information content (AvgIpc) is 2.28. The van der Waals surface area contributed by atoms with Crippen LogP contribution in [0.15, 0.2) is 42.5 Å². The third-order valence-electron chi connectivity index (χ3n) is 2.25. The molecule has 0 aliphatic heterocycles. The number of halogens is 1. The SMILES string of the molecule is Cc1ccc(COc2[c]ccc(F)c2)cc1. The van der Waals surface area contributed by atoms with Crippen LogP contribution in [0.1, 0.15) is 11.1 Å². The van der Waals surface area contributed by atoms with Crippen LogP contribution >= 0.6 is 0 Å². The molecule has 2 aromatic carbocycles. The molecule has 0 aliphatic rings. The fourth-order valence-electron chi connectivity index (χ4n) is 1.35. The van der Waals surface area contributed by atoms with Crippen LogP contribution in [0, 0.1) is 18.8 Å². The van der Waals surface area contributed by atoms with E-state index in [2.05, 4.69) is 6.07 Å². The molecule has 0 N–H and O–H groups in total. The van der Waals surface area contributed by atoms with Gasteiger partial charge in [-0.25, -0.2) is 4.39 Å². The van der Waals surface area contributed by atoms with Gasteiger partial charge in [0.2, 0.25) is 0 Å². The third kappa shape index (κ3) is 2.83. The molecule has 16 heavy (non-hydrogen) atoms. The molecule has 0 saturated carbocycles. The summed E-state index contributed by atoms with van der Waals surface area (Å²) in [7, 11) is 0. The molecule has 0 aliphatic carbocycles. The highest BCUT2D eigenvalue weighted by Crippen LogP contribution is 2.13. The van der Waals surface area contributed by atoms with Crippen LogP contribution in [0.25, 0.3) is 0 Å². The van der Waals surface area contributed by atoms with Gasteiger partial charge >= 0.3 is 0 Å². The first kappa shape index (κ1) is 10.7. The van der Waals surface area contributed by atoms with Crippen molar-refractivity contribution in [3.63, 3.8) is 0 Å². The van der Waals surface area contributed by atoms with E-state index in [4.69, 9.17) is 4.74 Å². The highest BCUT2D eigenvalue weighted by Gasteiger charge is 1.97. The van der Waals surface area contributed by atoms with Crippen molar-refractivity contribution in [2.24, 2.45) is 0 Å². The number of ether oxygens (including phenoxy) is 1. The van der Waals surface area contributed by atoms with Crippen LogP contribution in [-0.4, -0.2) is 0 Å². The highest BCUT2D eigenvalue weighted by molar-refractivity contribution is 5.23. The Bertz CT molecular complexity index is 462. The first-order valence-corrected chi connectivity index (χ1v) is 5.09. The lowest BCUT2D eigenvalue weighted by molar-refractivity contribution is 0.304. The van der Waals surface area contributed by atoms with Gasteiger partial charge in [0.05, 0.1) is 0 Å². The first-order chi connectivity index (χ1) is 7.74. The van der Waals surface area contributed by atoms with Crippen molar-refractivity contribution >= 4 is 0 Å². The van der Waals surface area contributed by atoms with Gasteiger partial charge in [0.15, 0.2) is 0 Å². The summed E-state index contributed by atoms with van der Waals surface area (Å²) in [5.74, 6) is 0.123. The van der Waals surface area contributed by atoms with E-state index in [-0.39, 0.29) is 5.82 Å². The van der Waals surface area contributed by atoms with Gasteiger partial charge < -0.3 is 4.74 Å². The van der Waals surface area contributed by atoms with Crippen molar-refractivity contribution < 1.29 is 9.13 Å². The van der Waals surface area contributed by atoms with E-state index in [9.17, 15) is 4.39 Å². The number of hydrogen-bond acceptors (Lipinski definition) is 1. The maximum atomic E-state index is 12.8. The van der Waals surface area contributed by atoms with Crippen molar-refractivity contribution in [2.75, 3.05) is 0 Å². The predicted molar refractivity (Wildman–Crippen MR) is 60.7 cm³/mol. The van der Waals surface area contributed by atoms with Crippen LogP contribution in [0.3, 0.4) is 0 Å². The van der Waals surface area contributed by atoms with E-state index >= 15 is 0 Å². The van der Waals surface area contributed by atoms with Gasteiger partial charge in [-0.1, -0.05) is 29.8 Å². The number of rotatable bonds is 3. The smallest absolute Gasteiger partial charge is 0.130 e. The maximum Gasteiger partial charge on any atom is 0.130 e. The monoisotopic (exact) mass is 215 g/mol. The van der Waals surface area contributed by atoms with Crippen molar-refractivity contribution in [3.05, 3.63) is 65.5 Å². The molecule has 2 aromatic rings. The Balaban J connectivity index is 1.99. The topological polar surface area (TPSA) is 9.23 Å². The molecule has 0 atom stereocenters. The summed E-state index contributed by atoms with van der Waals surface area (Å²) in [6.45, 7) is 2.46. The van der Waals surface area contributed by atoms with Gasteiger partial charge in [-0.05, 0) is 24.6 Å². The lowest BCUT2D eigenvalue weighted by Gasteiger charge is -2.06. The molecule has 0 bridgehead atoms. The molecule has 0 unspecified atom stereocenters. The number of aryl methyl sites for hydroxylation is 1. The van der Waals surface area contributed by atoms with E-state index < -0.39 is 0 Å². The fraction of sp³-hybridized carbons (Fsp3) is 0.143. The van der Waals surface area contributed by atoms with E-state index in [0.717, 1.165) is 5.56 Å². The van der Waals surface area contributed by atoms with E-state index in [0.29, 0.717) is 12.4 Å². The van der Waals surface area contributed by atoms with E-state index in [1.807, 2.05) is 31.2 Å². The fourth-order valence-corrected chi connectivity index (χ4v) is 1.35. The number of benzene rings is 2. The largest absolute Gasteiger partial charge is 0.488 e. The third-order valence-corrected chi connectivity index (χ3v) is 2.25. The molecule has 0 fully saturated rings. The van der Waals surface area contributed by atoms with Crippen molar-refractivity contribution in [3.8, 4) is 5.75 Å². The zero-order chi connectivity index (χ0) is 11.4. The van der Waals surface area contributed by atoms with Crippen LogP contribution in [0.4, 0.5) is 4.39 Å². The van der Waals surface area contributed by atoms with Gasteiger partial charge in [-0.2, -0.15) is 0 Å². The summed E-state index contributed by atoms with van der Waals surface area (Å²) < 4.78 is 18.3. The van der Waals surface area contributed by atoms with Crippen LogP contribution in [0.2, 0.25) is 0 Å². The van der Waals surface area contributed by atoms with Gasteiger partial charge in [0, 0.05) is 12.1 Å². The zero-order valence-corrected chi connectivity index (χ0v) is 9.03. The first-order valence-electron chi connectivity index (χ1n) is 5.09. The van der Waals surface area contributed by atoms with Crippen molar-refractivity contribution in [1.29, 1.82) is 0 Å². The second kappa shape index (κ2) is 4.79. The summed E-state index contributed by atoms with van der Waals surface area (Å²) in [6.07, 6.45) is 0. The average molecular weight is 215 g/mol. The predicted octanol–water partition coefficient (Wildman–Crippen LogP) is 3.51. The Morgan fingerprint density at radius 2 is 1.94 bits per heavy atom. The summed E-state index contributed by atoms with van der Waals surface area (Å²) in [5.41, 5.74) is 2.27. The van der Waals surface area contributed by atoms with Crippen molar-refractivity contribution in [2.45, 2.75) is 13.5 Å². The standard InChI is InChI=1S/C14H12FO/c1-11-5-7-12(8-6-11)10-16-14-4-2-3-13(15)9-14/h2-3,5-9H,10H2,1H3. The minimum Gasteiger partial charge on any atom is -0.488 e. The minimum atomic E-state index is -0.308. The van der Waals surface area contributed by atoms with Gasteiger partial charge in [-0.15, -0.1) is 0 Å². The Hall–Kier alpha value is -1.83. The summed E-state index contributed by atoms with van der Waals surface area (Å²) in [5, 5.41) is 0. The number of hydrogen-bond donors (Lipinski definition) is 0. The molecule has 0 spiro atoms. The summed E-state index contributed by atoms with van der Waals surface area (Å²) >= 11 is 0. The van der Waals surface area contributed by atoms with Gasteiger partial charge in [-0.3, -0.25) is 0 Å². The lowest BCUT2D eigenvalue weighted by atomic mass is 10.2. The molecule has 1 radical (unpaired) electrons. The van der Waals surface area contributed by atoms with Gasteiger partial charge in [0.1, 0.15) is 18.2 Å². The Labute approximate surface area is 94.5 Å². The zero-order valence-electron chi connectivity index (χ0n) is 9.03. The molecular formula is C14H12FO. The summed E-state index contributed by atoms with van der Waals surface area (Å²) in [6, 6.07) is 15.0. The molecule has 81 valence electrons. The molecular weight excluding hydrogens is 203 g/mol. The van der Waals surface area contributed by atoms with Crippen LogP contribution in [0.5, 0.6) is 5.75 Å². The molecule has 2 heteroatoms. The van der Waals surface area contributed by atoms with Crippen LogP contribution in [-0.2, 0) is 6.61 Å². The molecule has 0 aromatic heterocycles. The maximum absolute atomic E-state index is 12.8. The molecule has 0 saturated heterocycles. The highest BCUT2D eigenvalue weighted by atomic mass is 19.1. The minimum absolute atomic E-state index is 0.308. The Kier molecular flexibility index (Phi) is 3.20.